The van der Waals surface area contributed by atoms with Crippen LogP contribution in [0.25, 0.3) is 0 Å². The number of ether oxygens (including phenoxy) is 3. The van der Waals surface area contributed by atoms with E-state index in [1.807, 2.05) is 0 Å². The van der Waals surface area contributed by atoms with Crippen molar-refractivity contribution in [3.05, 3.63) is 57.1 Å². The van der Waals surface area contributed by atoms with Crippen LogP contribution in [0.4, 0.5) is 0 Å². The highest BCUT2D eigenvalue weighted by atomic mass is 35.5. The minimum absolute atomic E-state index is 0.0728. The molecule has 5 nitrogen and oxygen atoms in total. The van der Waals surface area contributed by atoms with Gasteiger partial charge >= 0.3 is 11.9 Å². The van der Waals surface area contributed by atoms with Crippen LogP contribution in [-0.4, -0.2) is 32.3 Å². The Kier molecular flexibility index (Phi) is 3.96. The Morgan fingerprint density at radius 3 is 2.48 bits per heavy atom. The minimum Gasteiger partial charge on any atom is -0.466 e. The first-order valence-electron chi connectivity index (χ1n) is 6.68. The summed E-state index contributed by atoms with van der Waals surface area (Å²) in [5, 5.41) is 0.763. The highest BCUT2D eigenvalue weighted by Gasteiger charge is 2.56. The molecule has 0 amide bonds. The normalized spacial score (nSPS) is 25.0. The predicted octanol–water partition coefficient (Wildman–Crippen LogP) is 2.80. The molecule has 1 aromatic rings. The maximum absolute atomic E-state index is 12.3. The molecule has 2 bridgehead atoms. The van der Waals surface area contributed by atoms with Gasteiger partial charge in [0.25, 0.3) is 0 Å². The van der Waals surface area contributed by atoms with E-state index in [1.54, 1.807) is 30.4 Å². The maximum Gasteiger partial charge on any atom is 0.338 e. The van der Waals surface area contributed by atoms with Crippen molar-refractivity contribution >= 4 is 35.1 Å². The Morgan fingerprint density at radius 1 is 1.17 bits per heavy atom. The van der Waals surface area contributed by atoms with Crippen LogP contribution in [0.2, 0.25) is 10.0 Å². The van der Waals surface area contributed by atoms with Crippen LogP contribution in [0.5, 0.6) is 0 Å². The summed E-state index contributed by atoms with van der Waals surface area (Å²) in [7, 11) is 2.47. The van der Waals surface area contributed by atoms with Crippen molar-refractivity contribution < 1.29 is 23.8 Å². The van der Waals surface area contributed by atoms with Crippen LogP contribution in [-0.2, 0) is 29.4 Å². The van der Waals surface area contributed by atoms with Gasteiger partial charge in [-0.3, -0.25) is 0 Å². The SMILES string of the molecule is COC(=O)C1=C(C(=O)OC)C2(c3ccc(Cl)cc3Cl)C=CC1O2. The molecule has 0 aromatic heterocycles. The highest BCUT2D eigenvalue weighted by molar-refractivity contribution is 6.35. The van der Waals surface area contributed by atoms with Crippen molar-refractivity contribution in [2.45, 2.75) is 11.7 Å². The Labute approximate surface area is 142 Å². The number of carbonyl (C=O) groups excluding carboxylic acids is 2. The first kappa shape index (κ1) is 16.1. The average Bonchev–Trinajstić information content (AvgIpc) is 3.10. The third-order valence-corrected chi connectivity index (χ3v) is 4.42. The monoisotopic (exact) mass is 354 g/mol. The molecule has 2 aliphatic rings. The van der Waals surface area contributed by atoms with Gasteiger partial charge in [0.1, 0.15) is 11.7 Å². The second kappa shape index (κ2) is 5.67. The van der Waals surface area contributed by atoms with Crippen molar-refractivity contribution in [2.75, 3.05) is 14.2 Å². The number of esters is 2. The third-order valence-electron chi connectivity index (χ3n) is 3.87. The number of halogens is 2. The first-order chi connectivity index (χ1) is 10.9. The quantitative estimate of drug-likeness (QED) is 0.616. The van der Waals surface area contributed by atoms with E-state index in [0.717, 1.165) is 0 Å². The zero-order valence-electron chi connectivity index (χ0n) is 12.3. The molecule has 7 heteroatoms. The minimum atomic E-state index is -1.29. The fraction of sp³-hybridized carbons (Fsp3) is 0.250. The van der Waals surface area contributed by atoms with Gasteiger partial charge < -0.3 is 14.2 Å². The third kappa shape index (κ3) is 2.27. The molecule has 0 spiro atoms. The lowest BCUT2D eigenvalue weighted by atomic mass is 9.81. The molecule has 0 N–H and O–H groups in total. The van der Waals surface area contributed by atoms with Gasteiger partial charge in [0.05, 0.1) is 25.4 Å². The van der Waals surface area contributed by atoms with Gasteiger partial charge in [0.15, 0.2) is 0 Å². The molecular weight excluding hydrogens is 343 g/mol. The number of methoxy groups -OCH3 is 2. The summed E-state index contributed by atoms with van der Waals surface area (Å²) in [4.78, 5) is 24.4. The van der Waals surface area contributed by atoms with E-state index in [4.69, 9.17) is 37.4 Å². The molecule has 23 heavy (non-hydrogen) atoms. The Bertz CT molecular complexity index is 768. The van der Waals surface area contributed by atoms with Crippen LogP contribution in [0, 0.1) is 0 Å². The number of rotatable bonds is 3. The van der Waals surface area contributed by atoms with Crippen molar-refractivity contribution in [2.24, 2.45) is 0 Å². The fourth-order valence-corrected chi connectivity index (χ4v) is 3.46. The summed E-state index contributed by atoms with van der Waals surface area (Å²) in [6, 6.07) is 4.83. The number of benzene rings is 1. The van der Waals surface area contributed by atoms with E-state index < -0.39 is 23.6 Å². The second-order valence-electron chi connectivity index (χ2n) is 5.03. The van der Waals surface area contributed by atoms with Crippen molar-refractivity contribution in [1.29, 1.82) is 0 Å². The summed E-state index contributed by atoms with van der Waals surface area (Å²) in [5.74, 6) is -1.32. The van der Waals surface area contributed by atoms with Gasteiger partial charge in [0.2, 0.25) is 0 Å². The lowest BCUT2D eigenvalue weighted by Crippen LogP contribution is -2.30. The Balaban J connectivity index is 2.24. The van der Waals surface area contributed by atoms with Gasteiger partial charge in [-0.05, 0) is 18.2 Å². The smallest absolute Gasteiger partial charge is 0.338 e. The van der Waals surface area contributed by atoms with Crippen LogP contribution in [0.1, 0.15) is 5.56 Å². The van der Waals surface area contributed by atoms with Gasteiger partial charge in [-0.2, -0.15) is 0 Å². The number of hydrogen-bond acceptors (Lipinski definition) is 5. The molecule has 1 aromatic carbocycles. The van der Waals surface area contributed by atoms with Gasteiger partial charge in [-0.25, -0.2) is 9.59 Å². The Hall–Kier alpha value is -1.82. The summed E-state index contributed by atoms with van der Waals surface area (Å²) in [6.45, 7) is 0. The largest absolute Gasteiger partial charge is 0.466 e. The molecule has 0 fully saturated rings. The van der Waals surface area contributed by atoms with E-state index in [-0.39, 0.29) is 11.1 Å². The predicted molar refractivity (Wildman–Crippen MR) is 83.2 cm³/mol. The maximum atomic E-state index is 12.3. The fourth-order valence-electron chi connectivity index (χ4n) is 2.91. The standard InChI is InChI=1S/C16H12Cl2O5/c1-21-14(19)12-11-5-6-16(23-11,13(12)15(20)22-2)9-4-3-8(17)7-10(9)18/h3-7,11H,1-2H3. The molecule has 0 radical (unpaired) electrons. The van der Waals surface area contributed by atoms with Gasteiger partial charge in [-0.15, -0.1) is 0 Å². The zero-order valence-corrected chi connectivity index (χ0v) is 13.8. The lowest BCUT2D eigenvalue weighted by molar-refractivity contribution is -0.139. The molecule has 0 saturated heterocycles. The molecule has 2 atom stereocenters. The van der Waals surface area contributed by atoms with E-state index in [0.29, 0.717) is 15.6 Å². The van der Waals surface area contributed by atoms with Crippen LogP contribution in [0.3, 0.4) is 0 Å². The van der Waals surface area contributed by atoms with E-state index >= 15 is 0 Å². The molecule has 2 unspecified atom stereocenters. The van der Waals surface area contributed by atoms with Crippen molar-refractivity contribution in [3.8, 4) is 0 Å². The van der Waals surface area contributed by atoms with Gasteiger partial charge in [-0.1, -0.05) is 35.3 Å². The summed E-state index contributed by atoms with van der Waals surface area (Å²) in [6.07, 6.45) is 2.68. The van der Waals surface area contributed by atoms with Gasteiger partial charge in [0, 0.05) is 15.6 Å². The Morgan fingerprint density at radius 2 is 1.87 bits per heavy atom. The van der Waals surface area contributed by atoms with Crippen LogP contribution >= 0.6 is 23.2 Å². The van der Waals surface area contributed by atoms with Crippen molar-refractivity contribution in [3.63, 3.8) is 0 Å². The second-order valence-corrected chi connectivity index (χ2v) is 5.87. The van der Waals surface area contributed by atoms with E-state index in [9.17, 15) is 9.59 Å². The van der Waals surface area contributed by atoms with E-state index in [1.165, 1.54) is 14.2 Å². The lowest BCUT2D eigenvalue weighted by Gasteiger charge is -2.27. The van der Waals surface area contributed by atoms with Crippen molar-refractivity contribution in [1.82, 2.24) is 0 Å². The molecule has 2 aliphatic heterocycles. The first-order valence-corrected chi connectivity index (χ1v) is 7.44. The van der Waals surface area contributed by atoms with Crippen LogP contribution in [0.15, 0.2) is 41.5 Å². The van der Waals surface area contributed by atoms with Crippen LogP contribution < -0.4 is 0 Å². The summed E-state index contributed by atoms with van der Waals surface area (Å²) in [5.41, 5.74) is -0.596. The molecular formula is C16H12Cl2O5. The zero-order chi connectivity index (χ0) is 16.8. The number of hydrogen-bond donors (Lipinski definition) is 0. The van der Waals surface area contributed by atoms with E-state index in [2.05, 4.69) is 0 Å². The molecule has 120 valence electrons. The summed E-state index contributed by atoms with van der Waals surface area (Å²) < 4.78 is 15.5. The highest BCUT2D eigenvalue weighted by Crippen LogP contribution is 2.52. The molecule has 2 heterocycles. The molecule has 3 rings (SSSR count). The average molecular weight is 355 g/mol. The molecule has 0 aliphatic carbocycles. The summed E-state index contributed by atoms with van der Waals surface area (Å²) >= 11 is 12.2. The number of fused-ring (bicyclic) bond motifs is 2. The topological polar surface area (TPSA) is 61.8 Å². The molecule has 0 saturated carbocycles. The number of carbonyl (C=O) groups is 2.